The van der Waals surface area contributed by atoms with Gasteiger partial charge in [0.05, 0.1) is 19.4 Å². The van der Waals surface area contributed by atoms with Crippen molar-refractivity contribution >= 4 is 11.6 Å². The van der Waals surface area contributed by atoms with Crippen LogP contribution in [0.4, 0.5) is 5.69 Å². The second-order valence-corrected chi connectivity index (χ2v) is 4.30. The first kappa shape index (κ1) is 12.7. The lowest BCUT2D eigenvalue weighted by Crippen LogP contribution is -2.51. The highest BCUT2D eigenvalue weighted by molar-refractivity contribution is 5.99. The standard InChI is InChI=1S/C12H16N2O4/c1-17-8-2-3-10(15)9(6-8)14-11(16)12(13)4-5-18-7-12/h2-3,6,15H,4-5,7,13H2,1H3,(H,14,16). The molecule has 0 bridgehead atoms. The fourth-order valence-electron chi connectivity index (χ4n) is 1.75. The number of aromatic hydroxyl groups is 1. The molecule has 4 N–H and O–H groups in total. The van der Waals surface area contributed by atoms with Crippen LogP contribution in [0.5, 0.6) is 11.5 Å². The van der Waals surface area contributed by atoms with Gasteiger partial charge in [0.2, 0.25) is 5.91 Å². The Labute approximate surface area is 105 Å². The van der Waals surface area contributed by atoms with Gasteiger partial charge >= 0.3 is 0 Å². The molecule has 0 aromatic heterocycles. The number of rotatable bonds is 3. The SMILES string of the molecule is COc1ccc(O)c(NC(=O)C2(N)CCOC2)c1. The van der Waals surface area contributed by atoms with Crippen LogP contribution in [-0.2, 0) is 9.53 Å². The highest BCUT2D eigenvalue weighted by Gasteiger charge is 2.38. The Morgan fingerprint density at radius 3 is 3.00 bits per heavy atom. The molecular formula is C12H16N2O4. The van der Waals surface area contributed by atoms with Crippen molar-refractivity contribution in [1.29, 1.82) is 0 Å². The second kappa shape index (κ2) is 4.83. The molecule has 0 saturated carbocycles. The van der Waals surface area contributed by atoms with Crippen LogP contribution in [0.3, 0.4) is 0 Å². The van der Waals surface area contributed by atoms with Crippen LogP contribution in [-0.4, -0.2) is 36.9 Å². The zero-order valence-corrected chi connectivity index (χ0v) is 10.1. The van der Waals surface area contributed by atoms with E-state index in [0.29, 0.717) is 18.8 Å². The van der Waals surface area contributed by atoms with Gasteiger partial charge in [-0.1, -0.05) is 0 Å². The Balaban J connectivity index is 2.16. The zero-order valence-electron chi connectivity index (χ0n) is 10.1. The molecule has 1 aromatic carbocycles. The summed E-state index contributed by atoms with van der Waals surface area (Å²) in [6, 6.07) is 4.58. The molecule has 1 fully saturated rings. The maximum atomic E-state index is 12.0. The van der Waals surface area contributed by atoms with Gasteiger partial charge in [-0.3, -0.25) is 4.79 Å². The number of hydrogen-bond donors (Lipinski definition) is 3. The molecule has 6 nitrogen and oxygen atoms in total. The number of carbonyl (C=O) groups excluding carboxylic acids is 1. The molecule has 0 spiro atoms. The minimum absolute atomic E-state index is 0.0355. The number of phenols is 1. The van der Waals surface area contributed by atoms with E-state index < -0.39 is 5.54 Å². The Hall–Kier alpha value is -1.79. The van der Waals surface area contributed by atoms with Gasteiger partial charge in [-0.25, -0.2) is 0 Å². The van der Waals surface area contributed by atoms with E-state index in [-0.39, 0.29) is 24.0 Å². The van der Waals surface area contributed by atoms with Crippen LogP contribution in [0.15, 0.2) is 18.2 Å². The minimum atomic E-state index is -1.03. The first-order valence-electron chi connectivity index (χ1n) is 5.60. The maximum absolute atomic E-state index is 12.0. The normalized spacial score (nSPS) is 22.8. The smallest absolute Gasteiger partial charge is 0.247 e. The summed E-state index contributed by atoms with van der Waals surface area (Å²) in [4.78, 5) is 12.0. The third-order valence-electron chi connectivity index (χ3n) is 2.96. The Kier molecular flexibility index (Phi) is 3.40. The van der Waals surface area contributed by atoms with Gasteiger partial charge in [-0.2, -0.15) is 0 Å². The number of ether oxygens (including phenoxy) is 2. The third kappa shape index (κ3) is 2.39. The molecule has 98 valence electrons. The Bertz CT molecular complexity index is 455. The number of benzene rings is 1. The lowest BCUT2D eigenvalue weighted by atomic mass is 9.99. The van der Waals surface area contributed by atoms with Gasteiger partial charge in [-0.15, -0.1) is 0 Å². The number of nitrogens with one attached hydrogen (secondary N) is 1. The van der Waals surface area contributed by atoms with Crippen molar-refractivity contribution in [3.63, 3.8) is 0 Å². The highest BCUT2D eigenvalue weighted by atomic mass is 16.5. The summed E-state index contributed by atoms with van der Waals surface area (Å²) in [5, 5.41) is 12.3. The first-order valence-corrected chi connectivity index (χ1v) is 5.60. The number of phenolic OH excluding ortho intramolecular Hbond substituents is 1. The van der Waals surface area contributed by atoms with E-state index in [1.165, 1.54) is 19.2 Å². The maximum Gasteiger partial charge on any atom is 0.247 e. The van der Waals surface area contributed by atoms with E-state index in [0.717, 1.165) is 0 Å². The molecule has 1 unspecified atom stereocenters. The van der Waals surface area contributed by atoms with Crippen LogP contribution in [0.25, 0.3) is 0 Å². The third-order valence-corrected chi connectivity index (χ3v) is 2.96. The molecule has 0 aliphatic carbocycles. The summed E-state index contributed by atoms with van der Waals surface area (Å²) in [7, 11) is 1.51. The molecule has 1 aliphatic rings. The predicted molar refractivity (Wildman–Crippen MR) is 65.6 cm³/mol. The highest BCUT2D eigenvalue weighted by Crippen LogP contribution is 2.29. The summed E-state index contributed by atoms with van der Waals surface area (Å²) in [5.41, 5.74) is 5.16. The Morgan fingerprint density at radius 2 is 2.39 bits per heavy atom. The average molecular weight is 252 g/mol. The lowest BCUT2D eigenvalue weighted by Gasteiger charge is -2.21. The second-order valence-electron chi connectivity index (χ2n) is 4.30. The lowest BCUT2D eigenvalue weighted by molar-refractivity contribution is -0.121. The van der Waals surface area contributed by atoms with Crippen LogP contribution in [0.1, 0.15) is 6.42 Å². The van der Waals surface area contributed by atoms with Crippen molar-refractivity contribution in [2.45, 2.75) is 12.0 Å². The average Bonchev–Trinajstić information content (AvgIpc) is 2.80. The molecular weight excluding hydrogens is 236 g/mol. The van der Waals surface area contributed by atoms with Crippen LogP contribution in [0, 0.1) is 0 Å². The topological polar surface area (TPSA) is 93.8 Å². The van der Waals surface area contributed by atoms with Gasteiger partial charge in [0.15, 0.2) is 0 Å². The fourth-order valence-corrected chi connectivity index (χ4v) is 1.75. The van der Waals surface area contributed by atoms with Crippen molar-refractivity contribution in [1.82, 2.24) is 0 Å². The molecule has 1 amide bonds. The number of carbonyl (C=O) groups is 1. The number of amides is 1. The van der Waals surface area contributed by atoms with E-state index in [4.69, 9.17) is 15.2 Å². The van der Waals surface area contributed by atoms with Crippen molar-refractivity contribution in [3.05, 3.63) is 18.2 Å². The summed E-state index contributed by atoms with van der Waals surface area (Å²) >= 11 is 0. The van der Waals surface area contributed by atoms with E-state index in [9.17, 15) is 9.90 Å². The number of nitrogens with two attached hydrogens (primary N) is 1. The van der Waals surface area contributed by atoms with Crippen molar-refractivity contribution in [3.8, 4) is 11.5 Å². The summed E-state index contributed by atoms with van der Waals surface area (Å²) < 4.78 is 10.1. The fraction of sp³-hybridized carbons (Fsp3) is 0.417. The van der Waals surface area contributed by atoms with E-state index in [1.54, 1.807) is 6.07 Å². The molecule has 1 atom stereocenters. The van der Waals surface area contributed by atoms with Gasteiger partial charge in [0, 0.05) is 12.7 Å². The number of anilines is 1. The molecule has 1 aliphatic heterocycles. The van der Waals surface area contributed by atoms with Crippen molar-refractivity contribution in [2.75, 3.05) is 25.6 Å². The van der Waals surface area contributed by atoms with Crippen molar-refractivity contribution in [2.24, 2.45) is 5.73 Å². The van der Waals surface area contributed by atoms with Crippen LogP contribution >= 0.6 is 0 Å². The minimum Gasteiger partial charge on any atom is -0.506 e. The molecule has 1 saturated heterocycles. The zero-order chi connectivity index (χ0) is 13.2. The van der Waals surface area contributed by atoms with Crippen LogP contribution < -0.4 is 15.8 Å². The number of methoxy groups -OCH3 is 1. The van der Waals surface area contributed by atoms with Gasteiger partial charge < -0.3 is 25.6 Å². The molecule has 18 heavy (non-hydrogen) atoms. The quantitative estimate of drug-likeness (QED) is 0.679. The molecule has 0 radical (unpaired) electrons. The van der Waals surface area contributed by atoms with E-state index >= 15 is 0 Å². The number of hydrogen-bond acceptors (Lipinski definition) is 5. The van der Waals surface area contributed by atoms with Crippen LogP contribution in [0.2, 0.25) is 0 Å². The summed E-state index contributed by atoms with van der Waals surface area (Å²) in [5.74, 6) is 0.132. The van der Waals surface area contributed by atoms with Gasteiger partial charge in [0.1, 0.15) is 17.0 Å². The van der Waals surface area contributed by atoms with E-state index in [2.05, 4.69) is 5.32 Å². The van der Waals surface area contributed by atoms with E-state index in [1.807, 2.05) is 0 Å². The molecule has 1 heterocycles. The van der Waals surface area contributed by atoms with Crippen molar-refractivity contribution < 1.29 is 19.4 Å². The molecule has 2 rings (SSSR count). The largest absolute Gasteiger partial charge is 0.506 e. The molecule has 6 heteroatoms. The first-order chi connectivity index (χ1) is 8.55. The monoisotopic (exact) mass is 252 g/mol. The summed E-state index contributed by atoms with van der Waals surface area (Å²) in [6.07, 6.45) is 0.462. The predicted octanol–water partition coefficient (Wildman–Crippen LogP) is 0.457. The van der Waals surface area contributed by atoms with Gasteiger partial charge in [-0.05, 0) is 18.6 Å². The molecule has 1 aromatic rings. The Morgan fingerprint density at radius 1 is 1.61 bits per heavy atom. The summed E-state index contributed by atoms with van der Waals surface area (Å²) in [6.45, 7) is 0.650. The van der Waals surface area contributed by atoms with Gasteiger partial charge in [0.25, 0.3) is 0 Å².